The molecular formula is C20H29N3O4. The molecule has 3 rings (SSSR count). The van der Waals surface area contributed by atoms with E-state index in [2.05, 4.69) is 10.3 Å². The minimum absolute atomic E-state index is 0.0748. The smallest absolute Gasteiger partial charge is 0.222 e. The predicted molar refractivity (Wildman–Crippen MR) is 100 cm³/mol. The first-order valence-electron chi connectivity index (χ1n) is 9.82. The van der Waals surface area contributed by atoms with Crippen molar-refractivity contribution in [2.75, 3.05) is 20.2 Å². The van der Waals surface area contributed by atoms with Gasteiger partial charge in [0.25, 0.3) is 0 Å². The zero-order valence-electron chi connectivity index (χ0n) is 15.9. The molecule has 1 atom stereocenters. The lowest BCUT2D eigenvalue weighted by atomic mass is 9.75. The van der Waals surface area contributed by atoms with Gasteiger partial charge in [-0.25, -0.2) is 4.98 Å². The molecule has 2 fully saturated rings. The van der Waals surface area contributed by atoms with Crippen LogP contribution in [0.25, 0.3) is 0 Å². The molecule has 1 saturated heterocycles. The largest absolute Gasteiger partial charge is 0.481 e. The van der Waals surface area contributed by atoms with Crippen LogP contribution in [0, 0.1) is 5.92 Å². The van der Waals surface area contributed by atoms with E-state index < -0.39 is 0 Å². The summed E-state index contributed by atoms with van der Waals surface area (Å²) < 4.78 is 5.10. The van der Waals surface area contributed by atoms with E-state index >= 15 is 0 Å². The summed E-state index contributed by atoms with van der Waals surface area (Å²) in [7, 11) is 1.56. The summed E-state index contributed by atoms with van der Waals surface area (Å²) in [5.41, 5.74) is 0.909. The van der Waals surface area contributed by atoms with Gasteiger partial charge in [0.05, 0.1) is 19.3 Å². The topological polar surface area (TPSA) is 91.8 Å². The summed E-state index contributed by atoms with van der Waals surface area (Å²) in [6.07, 6.45) is 6.66. The number of hydrogen-bond donors (Lipinski definition) is 2. The van der Waals surface area contributed by atoms with Crippen LogP contribution in [0.4, 0.5) is 0 Å². The molecule has 7 heteroatoms. The Bertz CT molecular complexity index is 643. The minimum atomic E-state index is -0.296. The Labute approximate surface area is 160 Å². The molecule has 0 unspecified atom stereocenters. The Morgan fingerprint density at radius 1 is 1.37 bits per heavy atom. The number of hydrogen-bond acceptors (Lipinski definition) is 5. The Morgan fingerprint density at radius 3 is 2.85 bits per heavy atom. The highest BCUT2D eigenvalue weighted by molar-refractivity contribution is 5.79. The number of carbonyl (C=O) groups is 2. The molecule has 7 nitrogen and oxygen atoms in total. The second-order valence-corrected chi connectivity index (χ2v) is 7.51. The van der Waals surface area contributed by atoms with Gasteiger partial charge in [0.1, 0.15) is 0 Å². The normalized spacial score (nSPS) is 23.9. The first-order chi connectivity index (χ1) is 13.1. The molecule has 0 spiro atoms. The summed E-state index contributed by atoms with van der Waals surface area (Å²) >= 11 is 0. The fraction of sp³-hybridized carbons (Fsp3) is 0.650. The predicted octanol–water partition coefficient (Wildman–Crippen LogP) is 1.81. The van der Waals surface area contributed by atoms with Crippen LogP contribution >= 0.6 is 0 Å². The number of nitrogens with one attached hydrogen (secondary N) is 1. The van der Waals surface area contributed by atoms with Gasteiger partial charge >= 0.3 is 0 Å². The third-order valence-electron chi connectivity index (χ3n) is 5.55. The van der Waals surface area contributed by atoms with Gasteiger partial charge in [-0.15, -0.1) is 0 Å². The van der Waals surface area contributed by atoms with E-state index in [0.717, 1.165) is 31.4 Å². The van der Waals surface area contributed by atoms with E-state index in [-0.39, 0.29) is 29.9 Å². The number of ether oxygens (including phenoxy) is 1. The Kier molecular flexibility index (Phi) is 6.66. The number of nitrogens with zero attached hydrogens (tertiary/aromatic N) is 2. The molecule has 27 heavy (non-hydrogen) atoms. The van der Waals surface area contributed by atoms with Crippen LogP contribution in [-0.2, 0) is 9.59 Å². The second kappa shape index (κ2) is 9.17. The van der Waals surface area contributed by atoms with Gasteiger partial charge < -0.3 is 20.1 Å². The molecule has 0 bridgehead atoms. The van der Waals surface area contributed by atoms with Crippen molar-refractivity contribution in [2.45, 2.75) is 57.1 Å². The lowest BCUT2D eigenvalue weighted by Crippen LogP contribution is -2.42. The molecule has 1 saturated carbocycles. The number of rotatable bonds is 7. The zero-order chi connectivity index (χ0) is 19.2. The molecule has 1 aromatic rings. The number of aliphatic hydroxyl groups excluding tert-OH is 1. The molecule has 2 amide bonds. The zero-order valence-corrected chi connectivity index (χ0v) is 15.9. The molecule has 148 valence electrons. The lowest BCUT2D eigenvalue weighted by molar-refractivity contribution is -0.131. The SMILES string of the molecule is COc1ccc([C@@H](NC(=O)CCN2CCCCCC2=O)C2CC(O)C2)cn1. The lowest BCUT2D eigenvalue weighted by Gasteiger charge is -2.38. The summed E-state index contributed by atoms with van der Waals surface area (Å²) in [5.74, 6) is 0.795. The van der Waals surface area contributed by atoms with E-state index in [1.165, 1.54) is 0 Å². The average Bonchev–Trinajstić information content (AvgIpc) is 2.86. The number of pyridine rings is 1. The van der Waals surface area contributed by atoms with Gasteiger partial charge in [0.2, 0.25) is 17.7 Å². The summed E-state index contributed by atoms with van der Waals surface area (Å²) in [6, 6.07) is 3.50. The molecule has 1 aliphatic heterocycles. The van der Waals surface area contributed by atoms with Crippen molar-refractivity contribution in [3.8, 4) is 5.88 Å². The summed E-state index contributed by atoms with van der Waals surface area (Å²) in [5, 5.41) is 12.8. The minimum Gasteiger partial charge on any atom is -0.481 e. The number of likely N-dealkylation sites (tertiary alicyclic amines) is 1. The van der Waals surface area contributed by atoms with Crippen LogP contribution in [0.5, 0.6) is 5.88 Å². The maximum Gasteiger partial charge on any atom is 0.222 e. The van der Waals surface area contributed by atoms with Gasteiger partial charge in [-0.05, 0) is 37.2 Å². The van der Waals surface area contributed by atoms with Gasteiger partial charge in [0.15, 0.2) is 0 Å². The molecule has 2 heterocycles. The van der Waals surface area contributed by atoms with Crippen molar-refractivity contribution >= 4 is 11.8 Å². The molecule has 1 aromatic heterocycles. The van der Waals surface area contributed by atoms with Gasteiger partial charge in [-0.1, -0.05) is 12.5 Å². The highest BCUT2D eigenvalue weighted by atomic mass is 16.5. The number of aromatic nitrogens is 1. The fourth-order valence-corrected chi connectivity index (χ4v) is 3.83. The highest BCUT2D eigenvalue weighted by Gasteiger charge is 2.35. The van der Waals surface area contributed by atoms with Crippen LogP contribution in [0.3, 0.4) is 0 Å². The van der Waals surface area contributed by atoms with Crippen molar-refractivity contribution < 1.29 is 19.4 Å². The maximum atomic E-state index is 12.6. The Hall–Kier alpha value is -2.15. The van der Waals surface area contributed by atoms with E-state index in [4.69, 9.17) is 4.74 Å². The highest BCUT2D eigenvalue weighted by Crippen LogP contribution is 2.38. The van der Waals surface area contributed by atoms with Crippen LogP contribution < -0.4 is 10.1 Å². The quantitative estimate of drug-likeness (QED) is 0.758. The summed E-state index contributed by atoms with van der Waals surface area (Å²) in [6.45, 7) is 1.21. The molecule has 0 radical (unpaired) electrons. The van der Waals surface area contributed by atoms with Crippen LogP contribution in [0.2, 0.25) is 0 Å². The van der Waals surface area contributed by atoms with E-state index in [9.17, 15) is 14.7 Å². The molecule has 1 aliphatic carbocycles. The van der Waals surface area contributed by atoms with Crippen molar-refractivity contribution in [2.24, 2.45) is 5.92 Å². The Morgan fingerprint density at radius 2 is 2.19 bits per heavy atom. The van der Waals surface area contributed by atoms with Gasteiger partial charge in [0, 0.05) is 38.2 Å². The van der Waals surface area contributed by atoms with Crippen LogP contribution in [-0.4, -0.2) is 53.1 Å². The number of amides is 2. The Balaban J connectivity index is 1.59. The molecule has 2 aliphatic rings. The third-order valence-corrected chi connectivity index (χ3v) is 5.55. The second-order valence-electron chi connectivity index (χ2n) is 7.51. The van der Waals surface area contributed by atoms with Crippen molar-refractivity contribution in [3.05, 3.63) is 23.9 Å². The van der Waals surface area contributed by atoms with Gasteiger partial charge in [-0.2, -0.15) is 0 Å². The van der Waals surface area contributed by atoms with E-state index in [0.29, 0.717) is 38.1 Å². The molecule has 0 aromatic carbocycles. The number of methoxy groups -OCH3 is 1. The van der Waals surface area contributed by atoms with Crippen molar-refractivity contribution in [1.82, 2.24) is 15.2 Å². The molecule has 2 N–H and O–H groups in total. The average molecular weight is 375 g/mol. The third kappa shape index (κ3) is 5.19. The standard InChI is InChI=1S/C20H29N3O4/c1-27-18-7-6-14(13-21-18)20(15-11-16(24)12-15)22-17(25)8-10-23-9-4-2-3-5-19(23)26/h6-7,13,15-16,20,24H,2-5,8-12H2,1H3,(H,22,25)/t15?,16?,20-/m1/s1. The fourth-order valence-electron chi connectivity index (χ4n) is 3.83. The van der Waals surface area contributed by atoms with Crippen molar-refractivity contribution in [3.63, 3.8) is 0 Å². The number of aliphatic hydroxyl groups is 1. The van der Waals surface area contributed by atoms with E-state index in [1.807, 2.05) is 11.0 Å². The van der Waals surface area contributed by atoms with Crippen molar-refractivity contribution in [1.29, 1.82) is 0 Å². The van der Waals surface area contributed by atoms with Crippen LogP contribution in [0.1, 0.15) is 56.6 Å². The number of carbonyl (C=O) groups excluding carboxylic acids is 2. The monoisotopic (exact) mass is 375 g/mol. The maximum absolute atomic E-state index is 12.6. The van der Waals surface area contributed by atoms with Gasteiger partial charge in [-0.3, -0.25) is 9.59 Å². The first kappa shape index (κ1) is 19.6. The van der Waals surface area contributed by atoms with E-state index in [1.54, 1.807) is 19.4 Å². The summed E-state index contributed by atoms with van der Waals surface area (Å²) in [4.78, 5) is 30.7. The first-order valence-corrected chi connectivity index (χ1v) is 9.82. The van der Waals surface area contributed by atoms with Crippen LogP contribution in [0.15, 0.2) is 18.3 Å². The molecular weight excluding hydrogens is 346 g/mol.